The van der Waals surface area contributed by atoms with Crippen LogP contribution in [-0.2, 0) is 13.0 Å². The highest BCUT2D eigenvalue weighted by molar-refractivity contribution is 7.80. The van der Waals surface area contributed by atoms with Crippen molar-refractivity contribution in [3.8, 4) is 0 Å². The third kappa shape index (κ3) is 4.59. The number of anilines is 2. The summed E-state index contributed by atoms with van der Waals surface area (Å²) in [6, 6.07) is 17.8. The van der Waals surface area contributed by atoms with Gasteiger partial charge in [-0.1, -0.05) is 54.9 Å². The molecule has 1 aromatic heterocycles. The lowest BCUT2D eigenvalue weighted by Crippen LogP contribution is -2.20. The van der Waals surface area contributed by atoms with Crippen LogP contribution in [0.25, 0.3) is 0 Å². The Labute approximate surface area is 157 Å². The number of aromatic nitrogens is 2. The largest absolute Gasteiger partial charge is 0.332 e. The molecule has 3 aromatic rings. The normalized spacial score (nSPS) is 10.5. The fourth-order valence-electron chi connectivity index (χ4n) is 2.54. The predicted octanol–water partition coefficient (Wildman–Crippen LogP) is 4.96. The Bertz CT molecular complexity index is 875. The molecule has 0 amide bonds. The fraction of sp³-hybridized carbons (Fsp3) is 0.158. The van der Waals surface area contributed by atoms with Crippen LogP contribution in [0.2, 0.25) is 5.02 Å². The number of nitrogens with zero attached hydrogens (tertiary/aromatic N) is 2. The molecule has 2 N–H and O–H groups in total. The minimum absolute atomic E-state index is 0.517. The third-order valence-corrected chi connectivity index (χ3v) is 4.39. The molecule has 0 radical (unpaired) electrons. The van der Waals surface area contributed by atoms with E-state index < -0.39 is 0 Å². The molecule has 0 unspecified atom stereocenters. The van der Waals surface area contributed by atoms with Crippen molar-refractivity contribution >= 4 is 40.4 Å². The number of para-hydroxylation sites is 1. The maximum Gasteiger partial charge on any atom is 0.176 e. The third-order valence-electron chi connectivity index (χ3n) is 3.82. The molecule has 1 heterocycles. The number of nitrogens with one attached hydrogen (secondary N) is 2. The molecule has 0 spiro atoms. The Balaban J connectivity index is 1.63. The Kier molecular flexibility index (Phi) is 5.68. The highest BCUT2D eigenvalue weighted by Crippen LogP contribution is 2.17. The van der Waals surface area contributed by atoms with Gasteiger partial charge in [-0.15, -0.1) is 0 Å². The second-order valence-corrected chi connectivity index (χ2v) is 6.40. The van der Waals surface area contributed by atoms with Gasteiger partial charge in [0.05, 0.1) is 6.54 Å². The lowest BCUT2D eigenvalue weighted by atomic mass is 10.1. The summed E-state index contributed by atoms with van der Waals surface area (Å²) in [5.74, 6) is 0.693. The van der Waals surface area contributed by atoms with Crippen LogP contribution in [-0.4, -0.2) is 14.9 Å². The van der Waals surface area contributed by atoms with Crippen LogP contribution in [0.15, 0.2) is 60.8 Å². The van der Waals surface area contributed by atoms with Crippen LogP contribution in [0.4, 0.5) is 11.5 Å². The van der Waals surface area contributed by atoms with Crippen LogP contribution >= 0.6 is 23.8 Å². The number of benzene rings is 2. The van der Waals surface area contributed by atoms with E-state index in [0.717, 1.165) is 22.7 Å². The maximum atomic E-state index is 6.20. The number of thiocarbonyl (C=S) groups is 1. The molecule has 3 rings (SSSR count). The molecule has 0 atom stereocenters. The van der Waals surface area contributed by atoms with Crippen molar-refractivity contribution < 1.29 is 0 Å². The van der Waals surface area contributed by atoms with Crippen LogP contribution in [0.3, 0.4) is 0 Å². The number of aryl methyl sites for hydroxylation is 1. The van der Waals surface area contributed by atoms with E-state index in [1.165, 1.54) is 5.56 Å². The Morgan fingerprint density at radius 2 is 1.76 bits per heavy atom. The second-order valence-electron chi connectivity index (χ2n) is 5.58. The quantitative estimate of drug-likeness (QED) is 0.623. The summed E-state index contributed by atoms with van der Waals surface area (Å²) in [4.78, 5) is 0. The van der Waals surface area contributed by atoms with E-state index in [-0.39, 0.29) is 0 Å². The zero-order valence-electron chi connectivity index (χ0n) is 13.9. The minimum atomic E-state index is 0.517. The van der Waals surface area contributed by atoms with Gasteiger partial charge in [0.15, 0.2) is 10.9 Å². The molecule has 0 aliphatic carbocycles. The van der Waals surface area contributed by atoms with Crippen LogP contribution in [0.1, 0.15) is 18.1 Å². The molecule has 25 heavy (non-hydrogen) atoms. The van der Waals surface area contributed by atoms with Crippen molar-refractivity contribution in [3.05, 3.63) is 76.9 Å². The summed E-state index contributed by atoms with van der Waals surface area (Å²) in [6.07, 6.45) is 2.84. The second kappa shape index (κ2) is 8.14. The van der Waals surface area contributed by atoms with Gasteiger partial charge in [0, 0.05) is 23.0 Å². The van der Waals surface area contributed by atoms with Gasteiger partial charge in [0.25, 0.3) is 0 Å². The number of hydrogen-bond donors (Lipinski definition) is 2. The van der Waals surface area contributed by atoms with E-state index in [1.54, 1.807) is 0 Å². The smallest absolute Gasteiger partial charge is 0.176 e. The van der Waals surface area contributed by atoms with Crippen LogP contribution in [0.5, 0.6) is 0 Å². The first kappa shape index (κ1) is 17.5. The zero-order chi connectivity index (χ0) is 17.6. The van der Waals surface area contributed by atoms with Gasteiger partial charge in [-0.05, 0) is 41.9 Å². The lowest BCUT2D eigenvalue weighted by Gasteiger charge is -2.12. The molecule has 0 aliphatic rings. The van der Waals surface area contributed by atoms with Crippen LogP contribution < -0.4 is 10.6 Å². The van der Waals surface area contributed by atoms with Crippen molar-refractivity contribution in [1.82, 2.24) is 9.78 Å². The van der Waals surface area contributed by atoms with Crippen molar-refractivity contribution in [3.63, 3.8) is 0 Å². The van der Waals surface area contributed by atoms with Gasteiger partial charge in [-0.2, -0.15) is 5.10 Å². The van der Waals surface area contributed by atoms with Gasteiger partial charge in [-0.3, -0.25) is 4.68 Å². The highest BCUT2D eigenvalue weighted by Gasteiger charge is 2.06. The summed E-state index contributed by atoms with van der Waals surface area (Å²) in [6.45, 7) is 2.73. The average Bonchev–Trinajstić information content (AvgIpc) is 3.04. The molecule has 6 heteroatoms. The highest BCUT2D eigenvalue weighted by atomic mass is 35.5. The summed E-state index contributed by atoms with van der Waals surface area (Å²) in [5.41, 5.74) is 3.25. The standard InChI is InChI=1S/C19H19ClN4S/c1-2-14-7-4-6-10-17(14)21-19(25)22-18-11-12-24(23-18)13-15-8-3-5-9-16(15)20/h3-12H,2,13H2,1H3,(H2,21,22,23,25). The summed E-state index contributed by atoms with van der Waals surface area (Å²) in [5, 5.41) is 12.1. The SMILES string of the molecule is CCc1ccccc1NC(=S)Nc1ccn(Cc2ccccc2Cl)n1. The lowest BCUT2D eigenvalue weighted by molar-refractivity contribution is 0.690. The maximum absolute atomic E-state index is 6.20. The Hall–Kier alpha value is -2.37. The Morgan fingerprint density at radius 3 is 2.52 bits per heavy atom. The minimum Gasteiger partial charge on any atom is -0.332 e. The van der Waals surface area contributed by atoms with E-state index in [2.05, 4.69) is 28.7 Å². The molecule has 0 bridgehead atoms. The summed E-state index contributed by atoms with van der Waals surface area (Å²) < 4.78 is 1.83. The van der Waals surface area contributed by atoms with E-state index >= 15 is 0 Å². The average molecular weight is 371 g/mol. The fourth-order valence-corrected chi connectivity index (χ4v) is 2.95. The number of hydrogen-bond acceptors (Lipinski definition) is 2. The van der Waals surface area contributed by atoms with E-state index in [4.69, 9.17) is 23.8 Å². The zero-order valence-corrected chi connectivity index (χ0v) is 15.4. The van der Waals surface area contributed by atoms with Crippen molar-refractivity contribution in [2.24, 2.45) is 0 Å². The van der Waals surface area contributed by atoms with Gasteiger partial charge in [0.2, 0.25) is 0 Å². The predicted molar refractivity (Wildman–Crippen MR) is 108 cm³/mol. The van der Waals surface area contributed by atoms with Crippen molar-refractivity contribution in [1.29, 1.82) is 0 Å². The van der Waals surface area contributed by atoms with E-state index in [1.807, 2.05) is 59.4 Å². The van der Waals surface area contributed by atoms with E-state index in [0.29, 0.717) is 17.5 Å². The molecular formula is C19H19ClN4S. The molecule has 2 aromatic carbocycles. The molecule has 128 valence electrons. The van der Waals surface area contributed by atoms with Crippen molar-refractivity contribution in [2.75, 3.05) is 10.6 Å². The van der Waals surface area contributed by atoms with Gasteiger partial charge in [-0.25, -0.2) is 0 Å². The first-order valence-corrected chi connectivity index (χ1v) is 8.87. The monoisotopic (exact) mass is 370 g/mol. The molecule has 0 saturated carbocycles. The van der Waals surface area contributed by atoms with Crippen LogP contribution in [0, 0.1) is 0 Å². The van der Waals surface area contributed by atoms with Crippen molar-refractivity contribution in [2.45, 2.75) is 19.9 Å². The first-order valence-electron chi connectivity index (χ1n) is 8.08. The number of rotatable bonds is 5. The van der Waals surface area contributed by atoms with Gasteiger partial charge in [0.1, 0.15) is 0 Å². The molecular weight excluding hydrogens is 352 g/mol. The summed E-state index contributed by atoms with van der Waals surface area (Å²) in [7, 11) is 0. The molecule has 0 saturated heterocycles. The molecule has 4 nitrogen and oxygen atoms in total. The molecule has 0 fully saturated rings. The van der Waals surface area contributed by atoms with Gasteiger partial charge < -0.3 is 10.6 Å². The van der Waals surface area contributed by atoms with E-state index in [9.17, 15) is 0 Å². The topological polar surface area (TPSA) is 41.9 Å². The van der Waals surface area contributed by atoms with Gasteiger partial charge >= 0.3 is 0 Å². The first-order chi connectivity index (χ1) is 12.2. The Morgan fingerprint density at radius 1 is 1.04 bits per heavy atom. The molecule has 0 aliphatic heterocycles. The number of halogens is 1. The summed E-state index contributed by atoms with van der Waals surface area (Å²) >= 11 is 11.6.